The first-order valence-corrected chi connectivity index (χ1v) is 6.76. The van der Waals surface area contributed by atoms with Crippen LogP contribution in [0.4, 0.5) is 0 Å². The number of hydrogen-bond acceptors (Lipinski definition) is 5. The Morgan fingerprint density at radius 1 is 1.11 bits per heavy atom. The smallest absolute Gasteiger partial charge is 0.345 e. The predicted molar refractivity (Wildman–Crippen MR) is 71.3 cm³/mol. The summed E-state index contributed by atoms with van der Waals surface area (Å²) in [5.41, 5.74) is 0. The molecule has 110 valence electrons. The summed E-state index contributed by atoms with van der Waals surface area (Å²) in [6, 6.07) is 0. The van der Waals surface area contributed by atoms with Crippen molar-refractivity contribution in [2.45, 2.75) is 57.5 Å². The summed E-state index contributed by atoms with van der Waals surface area (Å²) in [5.74, 6) is -1.74. The van der Waals surface area contributed by atoms with E-state index in [0.717, 1.165) is 38.5 Å². The van der Waals surface area contributed by atoms with E-state index in [1.54, 1.807) is 0 Å². The molecule has 0 aliphatic heterocycles. The van der Waals surface area contributed by atoms with Gasteiger partial charge in [0.25, 0.3) is 0 Å². The summed E-state index contributed by atoms with van der Waals surface area (Å²) in [4.78, 5) is 22.2. The zero-order chi connectivity index (χ0) is 14.5. The Labute approximate surface area is 114 Å². The molecule has 0 saturated heterocycles. The van der Waals surface area contributed by atoms with Crippen LogP contribution in [0, 0.1) is 0 Å². The first kappa shape index (κ1) is 17.8. The summed E-state index contributed by atoms with van der Waals surface area (Å²) >= 11 is 0. The van der Waals surface area contributed by atoms with Crippen molar-refractivity contribution in [3.05, 3.63) is 12.7 Å². The maximum absolute atomic E-state index is 11.2. The molecule has 0 aliphatic rings. The van der Waals surface area contributed by atoms with E-state index in [-0.39, 0.29) is 6.42 Å². The van der Waals surface area contributed by atoms with Gasteiger partial charge < -0.3 is 14.9 Å². The van der Waals surface area contributed by atoms with Gasteiger partial charge in [0.05, 0.1) is 6.61 Å². The lowest BCUT2D eigenvalue weighted by atomic mass is 10.1. The maximum Gasteiger partial charge on any atom is 0.345 e. The Bertz CT molecular complexity index is 275. The highest BCUT2D eigenvalue weighted by Crippen LogP contribution is 2.09. The third-order valence-electron chi connectivity index (χ3n) is 2.70. The van der Waals surface area contributed by atoms with Crippen molar-refractivity contribution in [1.29, 1.82) is 0 Å². The average Bonchev–Trinajstić information content (AvgIpc) is 2.40. The molecule has 0 fully saturated rings. The highest BCUT2D eigenvalue weighted by molar-refractivity contribution is 5.87. The van der Waals surface area contributed by atoms with Gasteiger partial charge in [-0.3, -0.25) is 4.79 Å². The van der Waals surface area contributed by atoms with Gasteiger partial charge in [0.1, 0.15) is 0 Å². The Kier molecular flexibility index (Phi) is 11.1. The van der Waals surface area contributed by atoms with Gasteiger partial charge >= 0.3 is 11.9 Å². The van der Waals surface area contributed by atoms with E-state index in [2.05, 4.69) is 11.3 Å². The molecule has 5 nitrogen and oxygen atoms in total. The molecule has 0 aromatic carbocycles. The number of esters is 2. The number of unbranched alkanes of at least 4 members (excludes halogenated alkanes) is 6. The van der Waals surface area contributed by atoms with Crippen molar-refractivity contribution < 1.29 is 24.5 Å². The monoisotopic (exact) mass is 272 g/mol. The van der Waals surface area contributed by atoms with Crippen LogP contribution in [0.3, 0.4) is 0 Å². The molecule has 0 amide bonds. The van der Waals surface area contributed by atoms with Gasteiger partial charge in [0.15, 0.2) is 6.10 Å². The van der Waals surface area contributed by atoms with Crippen molar-refractivity contribution in [3.63, 3.8) is 0 Å². The van der Waals surface area contributed by atoms with Gasteiger partial charge in [-0.2, -0.15) is 0 Å². The zero-order valence-corrected chi connectivity index (χ0v) is 11.3. The normalized spacial score (nSPS) is 11.9. The van der Waals surface area contributed by atoms with Gasteiger partial charge in [-0.25, -0.2) is 4.79 Å². The molecule has 2 N–H and O–H groups in total. The topological polar surface area (TPSA) is 83.8 Å². The summed E-state index contributed by atoms with van der Waals surface area (Å²) in [5, 5.41) is 17.4. The number of rotatable bonds is 11. The van der Waals surface area contributed by atoms with Crippen molar-refractivity contribution >= 4 is 11.9 Å². The van der Waals surface area contributed by atoms with E-state index in [4.69, 9.17) is 10.2 Å². The fourth-order valence-corrected chi connectivity index (χ4v) is 1.57. The van der Waals surface area contributed by atoms with Gasteiger partial charge in [-0.15, -0.1) is 6.58 Å². The average molecular weight is 272 g/mol. The van der Waals surface area contributed by atoms with Crippen LogP contribution in [-0.2, 0) is 14.3 Å². The summed E-state index contributed by atoms with van der Waals surface area (Å²) in [6.07, 6.45) is 7.57. The van der Waals surface area contributed by atoms with Crippen molar-refractivity contribution in [3.8, 4) is 0 Å². The Morgan fingerprint density at radius 2 is 1.68 bits per heavy atom. The number of carbonyl (C=O) groups is 2. The van der Waals surface area contributed by atoms with Crippen LogP contribution in [0.15, 0.2) is 12.7 Å². The lowest BCUT2D eigenvalue weighted by Gasteiger charge is -2.06. The molecule has 0 aromatic rings. The number of aliphatic hydroxyl groups excluding tert-OH is 2. The second kappa shape index (κ2) is 11.9. The quantitative estimate of drug-likeness (QED) is 0.259. The molecule has 0 bridgehead atoms. The van der Waals surface area contributed by atoms with E-state index in [1.165, 1.54) is 0 Å². The fraction of sp³-hybridized carbons (Fsp3) is 0.714. The van der Waals surface area contributed by atoms with E-state index >= 15 is 0 Å². The second-order valence-electron chi connectivity index (χ2n) is 4.44. The molecule has 0 heterocycles. The van der Waals surface area contributed by atoms with Crippen LogP contribution in [0.1, 0.15) is 51.4 Å². The SMILES string of the molecule is C=CCCCCCCCCC(=O)OC(=O)C(O)CO. The molecule has 0 rings (SSSR count). The highest BCUT2D eigenvalue weighted by atomic mass is 16.6. The van der Waals surface area contributed by atoms with Gasteiger partial charge in [-0.1, -0.05) is 31.8 Å². The Hall–Kier alpha value is -1.20. The van der Waals surface area contributed by atoms with Crippen LogP contribution in [0.25, 0.3) is 0 Å². The molecule has 0 spiro atoms. The zero-order valence-electron chi connectivity index (χ0n) is 11.3. The van der Waals surface area contributed by atoms with Crippen molar-refractivity contribution in [1.82, 2.24) is 0 Å². The Morgan fingerprint density at radius 3 is 2.26 bits per heavy atom. The maximum atomic E-state index is 11.2. The first-order chi connectivity index (χ1) is 9.11. The van der Waals surface area contributed by atoms with Crippen molar-refractivity contribution in [2.75, 3.05) is 6.61 Å². The lowest BCUT2D eigenvalue weighted by molar-refractivity contribution is -0.167. The fourth-order valence-electron chi connectivity index (χ4n) is 1.57. The van der Waals surface area contributed by atoms with E-state index in [0.29, 0.717) is 6.42 Å². The number of allylic oxidation sites excluding steroid dienone is 1. The molecule has 0 radical (unpaired) electrons. The van der Waals surface area contributed by atoms with Crippen LogP contribution < -0.4 is 0 Å². The molecular formula is C14H24O5. The number of hydrogen-bond donors (Lipinski definition) is 2. The number of aliphatic hydroxyl groups is 2. The van der Waals surface area contributed by atoms with Gasteiger partial charge in [-0.05, 0) is 19.3 Å². The van der Waals surface area contributed by atoms with Crippen LogP contribution in [0.2, 0.25) is 0 Å². The van der Waals surface area contributed by atoms with Crippen LogP contribution >= 0.6 is 0 Å². The van der Waals surface area contributed by atoms with E-state index in [9.17, 15) is 9.59 Å². The van der Waals surface area contributed by atoms with Gasteiger partial charge in [0.2, 0.25) is 0 Å². The minimum Gasteiger partial charge on any atom is -0.393 e. The molecule has 1 unspecified atom stereocenters. The summed E-state index contributed by atoms with van der Waals surface area (Å²) in [7, 11) is 0. The van der Waals surface area contributed by atoms with E-state index < -0.39 is 24.6 Å². The lowest BCUT2D eigenvalue weighted by Crippen LogP contribution is -2.28. The number of ether oxygens (including phenoxy) is 1. The minimum atomic E-state index is -1.63. The second-order valence-corrected chi connectivity index (χ2v) is 4.44. The minimum absolute atomic E-state index is 0.163. The standard InChI is InChI=1S/C14H24O5/c1-2-3-4-5-6-7-8-9-10-13(17)19-14(18)12(16)11-15/h2,12,15-16H,1,3-11H2. The van der Waals surface area contributed by atoms with E-state index in [1.807, 2.05) is 6.08 Å². The van der Waals surface area contributed by atoms with Crippen LogP contribution in [0.5, 0.6) is 0 Å². The molecule has 5 heteroatoms. The molecule has 1 atom stereocenters. The van der Waals surface area contributed by atoms with Crippen molar-refractivity contribution in [2.24, 2.45) is 0 Å². The summed E-state index contributed by atoms with van der Waals surface area (Å²) < 4.78 is 4.36. The first-order valence-electron chi connectivity index (χ1n) is 6.76. The molecular weight excluding hydrogens is 248 g/mol. The number of carbonyl (C=O) groups excluding carboxylic acids is 2. The molecule has 0 aliphatic carbocycles. The summed E-state index contributed by atoms with van der Waals surface area (Å²) in [6.45, 7) is 2.92. The van der Waals surface area contributed by atoms with Crippen LogP contribution in [-0.4, -0.2) is 34.9 Å². The molecule has 19 heavy (non-hydrogen) atoms. The predicted octanol–water partition coefficient (Wildman–Crippen LogP) is 1.72. The molecule has 0 aromatic heterocycles. The third-order valence-corrected chi connectivity index (χ3v) is 2.70. The molecule has 0 saturated carbocycles. The third kappa shape index (κ3) is 10.4. The highest BCUT2D eigenvalue weighted by Gasteiger charge is 2.18. The Balaban J connectivity index is 3.43. The largest absolute Gasteiger partial charge is 0.393 e. The van der Waals surface area contributed by atoms with Gasteiger partial charge in [0, 0.05) is 6.42 Å².